The number of likely N-dealkylation sites (tertiary alicyclic amines) is 1. The molecular formula is C26H26N2O3. The molecule has 1 atom stereocenters. The Bertz CT molecular complexity index is 1000. The fourth-order valence-electron chi connectivity index (χ4n) is 3.74. The van der Waals surface area contributed by atoms with Crippen LogP contribution in [0.3, 0.4) is 0 Å². The third-order valence-corrected chi connectivity index (χ3v) is 5.47. The minimum Gasteiger partial charge on any atom is -0.489 e. The number of rotatable bonds is 8. The molecule has 1 aliphatic rings. The Labute approximate surface area is 182 Å². The number of benzene rings is 3. The molecule has 2 amide bonds. The summed E-state index contributed by atoms with van der Waals surface area (Å²) >= 11 is 0. The Kier molecular flexibility index (Phi) is 6.62. The summed E-state index contributed by atoms with van der Waals surface area (Å²) in [5.41, 5.74) is 3.13. The molecule has 0 saturated carbocycles. The molecule has 5 heteroatoms. The van der Waals surface area contributed by atoms with Crippen molar-refractivity contribution in [3.05, 3.63) is 102 Å². The summed E-state index contributed by atoms with van der Waals surface area (Å²) in [4.78, 5) is 26.7. The summed E-state index contributed by atoms with van der Waals surface area (Å²) in [7, 11) is 0. The Morgan fingerprint density at radius 2 is 1.52 bits per heavy atom. The van der Waals surface area contributed by atoms with Gasteiger partial charge in [0.2, 0.25) is 11.8 Å². The molecule has 3 aromatic carbocycles. The van der Waals surface area contributed by atoms with Gasteiger partial charge in [-0.25, -0.2) is 0 Å². The molecule has 0 bridgehead atoms. The Morgan fingerprint density at radius 1 is 0.871 bits per heavy atom. The van der Waals surface area contributed by atoms with Gasteiger partial charge in [0.25, 0.3) is 0 Å². The first kappa shape index (κ1) is 20.7. The summed E-state index contributed by atoms with van der Waals surface area (Å²) in [6, 6.07) is 27.1. The zero-order chi connectivity index (χ0) is 21.5. The van der Waals surface area contributed by atoms with Crippen molar-refractivity contribution in [2.75, 3.05) is 0 Å². The monoisotopic (exact) mass is 414 g/mol. The number of hydrogen-bond acceptors (Lipinski definition) is 3. The van der Waals surface area contributed by atoms with Gasteiger partial charge in [-0.1, -0.05) is 72.8 Å². The topological polar surface area (TPSA) is 58.6 Å². The number of nitrogens with zero attached hydrogens (tertiary/aromatic N) is 1. The van der Waals surface area contributed by atoms with Gasteiger partial charge in [0, 0.05) is 19.5 Å². The lowest BCUT2D eigenvalue weighted by atomic mass is 10.1. The lowest BCUT2D eigenvalue weighted by Crippen LogP contribution is -2.44. The maximum atomic E-state index is 12.8. The lowest BCUT2D eigenvalue weighted by molar-refractivity contribution is -0.135. The smallest absolute Gasteiger partial charge is 0.243 e. The van der Waals surface area contributed by atoms with Crippen molar-refractivity contribution in [2.24, 2.45) is 0 Å². The molecular weight excluding hydrogens is 388 g/mol. The molecule has 1 N–H and O–H groups in total. The van der Waals surface area contributed by atoms with Gasteiger partial charge in [-0.15, -0.1) is 0 Å². The van der Waals surface area contributed by atoms with Crippen LogP contribution in [0.5, 0.6) is 5.75 Å². The van der Waals surface area contributed by atoms with Crippen LogP contribution < -0.4 is 10.1 Å². The Morgan fingerprint density at radius 3 is 2.19 bits per heavy atom. The van der Waals surface area contributed by atoms with Crippen molar-refractivity contribution in [2.45, 2.75) is 38.6 Å². The van der Waals surface area contributed by atoms with Crippen molar-refractivity contribution < 1.29 is 14.3 Å². The van der Waals surface area contributed by atoms with E-state index >= 15 is 0 Å². The van der Waals surface area contributed by atoms with E-state index in [-0.39, 0.29) is 11.8 Å². The number of carbonyl (C=O) groups is 2. The summed E-state index contributed by atoms with van der Waals surface area (Å²) in [5, 5.41) is 2.98. The van der Waals surface area contributed by atoms with Gasteiger partial charge in [0.15, 0.2) is 0 Å². The maximum Gasteiger partial charge on any atom is 0.243 e. The van der Waals surface area contributed by atoms with Crippen LogP contribution in [0.25, 0.3) is 0 Å². The van der Waals surface area contributed by atoms with Crippen LogP contribution in [0, 0.1) is 0 Å². The third kappa shape index (κ3) is 5.51. The van der Waals surface area contributed by atoms with Gasteiger partial charge >= 0.3 is 0 Å². The zero-order valence-corrected chi connectivity index (χ0v) is 17.4. The highest BCUT2D eigenvalue weighted by molar-refractivity contribution is 5.90. The SMILES string of the molecule is O=C(NCc1ccc(OCc2ccccc2)cc1)[C@@H]1CCC(=O)N1Cc1ccccc1. The van der Waals surface area contributed by atoms with Crippen LogP contribution in [0.4, 0.5) is 0 Å². The highest BCUT2D eigenvalue weighted by Gasteiger charge is 2.35. The van der Waals surface area contributed by atoms with Crippen LogP contribution in [0.2, 0.25) is 0 Å². The summed E-state index contributed by atoms with van der Waals surface area (Å²) in [5.74, 6) is 0.712. The number of hydrogen-bond donors (Lipinski definition) is 1. The van der Waals surface area contributed by atoms with E-state index in [4.69, 9.17) is 4.74 Å². The van der Waals surface area contributed by atoms with Gasteiger partial charge in [0.1, 0.15) is 18.4 Å². The molecule has 3 aromatic rings. The first-order chi connectivity index (χ1) is 15.2. The normalized spacial score (nSPS) is 15.7. The van der Waals surface area contributed by atoms with Crippen molar-refractivity contribution in [1.82, 2.24) is 10.2 Å². The van der Waals surface area contributed by atoms with Crippen molar-refractivity contribution in [1.29, 1.82) is 0 Å². The van der Waals surface area contributed by atoms with Gasteiger partial charge in [-0.3, -0.25) is 9.59 Å². The van der Waals surface area contributed by atoms with Gasteiger partial charge in [-0.2, -0.15) is 0 Å². The van der Waals surface area contributed by atoms with E-state index in [0.717, 1.165) is 22.4 Å². The maximum absolute atomic E-state index is 12.8. The van der Waals surface area contributed by atoms with Crippen LogP contribution in [0.1, 0.15) is 29.5 Å². The molecule has 1 aliphatic heterocycles. The summed E-state index contributed by atoms with van der Waals surface area (Å²) in [6.07, 6.45) is 0.974. The van der Waals surface area contributed by atoms with Gasteiger partial charge in [0.05, 0.1) is 0 Å². The molecule has 1 heterocycles. The molecule has 158 valence electrons. The molecule has 1 fully saturated rings. The summed E-state index contributed by atoms with van der Waals surface area (Å²) < 4.78 is 5.80. The van der Waals surface area contributed by atoms with E-state index in [2.05, 4.69) is 5.32 Å². The minimum atomic E-state index is -0.416. The highest BCUT2D eigenvalue weighted by Crippen LogP contribution is 2.22. The number of carbonyl (C=O) groups excluding carboxylic acids is 2. The lowest BCUT2D eigenvalue weighted by Gasteiger charge is -2.24. The van der Waals surface area contributed by atoms with E-state index < -0.39 is 6.04 Å². The predicted molar refractivity (Wildman–Crippen MR) is 119 cm³/mol. The van der Waals surface area contributed by atoms with Crippen molar-refractivity contribution in [3.8, 4) is 5.75 Å². The highest BCUT2D eigenvalue weighted by atomic mass is 16.5. The molecule has 0 radical (unpaired) electrons. The van der Waals surface area contributed by atoms with E-state index in [1.807, 2.05) is 84.9 Å². The van der Waals surface area contributed by atoms with E-state index in [0.29, 0.717) is 32.5 Å². The molecule has 0 unspecified atom stereocenters. The first-order valence-corrected chi connectivity index (χ1v) is 10.6. The van der Waals surface area contributed by atoms with Crippen molar-refractivity contribution >= 4 is 11.8 Å². The predicted octanol–water partition coefficient (Wildman–Crippen LogP) is 4.07. The van der Waals surface area contributed by atoms with Gasteiger partial charge < -0.3 is 15.0 Å². The molecule has 5 nitrogen and oxygen atoms in total. The summed E-state index contributed by atoms with van der Waals surface area (Å²) in [6.45, 7) is 1.40. The number of amides is 2. The molecule has 0 spiro atoms. The quantitative estimate of drug-likeness (QED) is 0.604. The Balaban J connectivity index is 1.29. The molecule has 0 aliphatic carbocycles. The fraction of sp³-hybridized carbons (Fsp3) is 0.231. The third-order valence-electron chi connectivity index (χ3n) is 5.47. The largest absolute Gasteiger partial charge is 0.489 e. The van der Waals surface area contributed by atoms with Crippen molar-refractivity contribution in [3.63, 3.8) is 0 Å². The van der Waals surface area contributed by atoms with E-state index in [1.165, 1.54) is 0 Å². The average molecular weight is 415 g/mol. The second-order valence-corrected chi connectivity index (χ2v) is 7.70. The van der Waals surface area contributed by atoms with Crippen LogP contribution >= 0.6 is 0 Å². The molecule has 31 heavy (non-hydrogen) atoms. The molecule has 0 aromatic heterocycles. The minimum absolute atomic E-state index is 0.0314. The first-order valence-electron chi connectivity index (χ1n) is 10.6. The Hall–Kier alpha value is -3.60. The van der Waals surface area contributed by atoms with E-state index in [9.17, 15) is 9.59 Å². The average Bonchev–Trinajstić information content (AvgIpc) is 3.18. The second kappa shape index (κ2) is 9.94. The second-order valence-electron chi connectivity index (χ2n) is 7.70. The standard InChI is InChI=1S/C26H26N2O3/c29-25-16-15-24(28(25)18-21-7-3-1-4-8-21)26(30)27-17-20-11-13-23(14-12-20)31-19-22-9-5-2-6-10-22/h1-14,24H,15-19H2,(H,27,30)/t24-/m0/s1. The molecule has 1 saturated heterocycles. The van der Waals surface area contributed by atoms with Crippen LogP contribution in [-0.4, -0.2) is 22.8 Å². The fourth-order valence-corrected chi connectivity index (χ4v) is 3.74. The van der Waals surface area contributed by atoms with E-state index in [1.54, 1.807) is 4.90 Å². The van der Waals surface area contributed by atoms with Crippen LogP contribution in [-0.2, 0) is 29.3 Å². The zero-order valence-electron chi connectivity index (χ0n) is 17.4. The number of ether oxygens (including phenoxy) is 1. The van der Waals surface area contributed by atoms with Crippen LogP contribution in [0.15, 0.2) is 84.9 Å². The molecule has 4 rings (SSSR count). The number of nitrogens with one attached hydrogen (secondary N) is 1. The van der Waals surface area contributed by atoms with Gasteiger partial charge in [-0.05, 0) is 35.2 Å².